The van der Waals surface area contributed by atoms with E-state index in [0.717, 1.165) is 19.6 Å². The molecule has 1 fully saturated rings. The van der Waals surface area contributed by atoms with Gasteiger partial charge in [0.1, 0.15) is 0 Å². The van der Waals surface area contributed by atoms with E-state index in [9.17, 15) is 0 Å². The van der Waals surface area contributed by atoms with Crippen molar-refractivity contribution < 1.29 is 0 Å². The van der Waals surface area contributed by atoms with Crippen LogP contribution in [0.3, 0.4) is 0 Å². The van der Waals surface area contributed by atoms with E-state index >= 15 is 0 Å². The Balaban J connectivity index is 1.11. The van der Waals surface area contributed by atoms with Crippen molar-refractivity contribution in [3.05, 3.63) is 64.7 Å². The Morgan fingerprint density at radius 1 is 0.852 bits per heavy atom. The molecule has 2 aliphatic carbocycles. The number of rotatable bonds is 5. The summed E-state index contributed by atoms with van der Waals surface area (Å²) in [6.07, 6.45) is 6.48. The van der Waals surface area contributed by atoms with E-state index in [1.165, 1.54) is 57.4 Å². The summed E-state index contributed by atoms with van der Waals surface area (Å²) in [6, 6.07) is 16.5. The van der Waals surface area contributed by atoms with Crippen LogP contribution in [0, 0.1) is 0 Å². The summed E-state index contributed by atoms with van der Waals surface area (Å²) in [5.41, 5.74) is 7.84. The van der Waals surface area contributed by atoms with Crippen LogP contribution < -0.4 is 10.2 Å². The molecular weight excluding hydrogens is 330 g/mol. The van der Waals surface area contributed by atoms with Crippen molar-refractivity contribution in [2.45, 2.75) is 38.1 Å². The van der Waals surface area contributed by atoms with E-state index in [0.29, 0.717) is 6.04 Å². The smallest absolute Gasteiger partial charge is 0.0367 e. The molecule has 1 aliphatic heterocycles. The first kappa shape index (κ1) is 17.3. The van der Waals surface area contributed by atoms with Crippen molar-refractivity contribution in [2.24, 2.45) is 0 Å². The second-order valence-corrected chi connectivity index (χ2v) is 8.38. The fourth-order valence-corrected chi connectivity index (χ4v) is 5.17. The van der Waals surface area contributed by atoms with Gasteiger partial charge in [0.25, 0.3) is 0 Å². The number of piperazine rings is 1. The molecule has 0 aromatic heterocycles. The lowest BCUT2D eigenvalue weighted by molar-refractivity contribution is 0.254. The molecule has 27 heavy (non-hydrogen) atoms. The molecule has 142 valence electrons. The average molecular weight is 362 g/mol. The number of fused-ring (bicyclic) bond motifs is 2. The van der Waals surface area contributed by atoms with Gasteiger partial charge in [-0.25, -0.2) is 0 Å². The van der Waals surface area contributed by atoms with E-state index < -0.39 is 0 Å². The van der Waals surface area contributed by atoms with Crippen molar-refractivity contribution in [3.8, 4) is 0 Å². The molecule has 0 radical (unpaired) electrons. The zero-order valence-electron chi connectivity index (χ0n) is 16.3. The lowest BCUT2D eigenvalue weighted by atomic mass is 10.0. The molecule has 5 rings (SSSR count). The van der Waals surface area contributed by atoms with Crippen molar-refractivity contribution in [1.29, 1.82) is 0 Å². The summed E-state index contributed by atoms with van der Waals surface area (Å²) in [4.78, 5) is 5.13. The highest BCUT2D eigenvalue weighted by atomic mass is 15.3. The fraction of sp³-hybridized carbons (Fsp3) is 0.500. The first-order chi connectivity index (χ1) is 13.4. The molecule has 0 amide bonds. The van der Waals surface area contributed by atoms with Gasteiger partial charge < -0.3 is 10.2 Å². The SMILES string of the molecule is c1ccc(N2CCN(CCN[C@H]3CCc4cc5c(cc43)CCC5)CC2)cc1. The standard InChI is InChI=1S/C24H31N3/c1-2-7-22(8-3-1)27-15-13-26(14-16-27)12-11-25-24-10-9-21-17-19-5-4-6-20(19)18-23(21)24/h1-3,7-8,17-18,24-25H,4-6,9-16H2/t24-/m0/s1. The molecule has 0 spiro atoms. The van der Waals surface area contributed by atoms with Crippen LogP contribution in [-0.4, -0.2) is 44.2 Å². The van der Waals surface area contributed by atoms with Gasteiger partial charge in [-0.3, -0.25) is 4.90 Å². The number of hydrogen-bond acceptors (Lipinski definition) is 3. The van der Waals surface area contributed by atoms with Crippen LogP contribution in [-0.2, 0) is 19.3 Å². The first-order valence-electron chi connectivity index (χ1n) is 10.8. The highest BCUT2D eigenvalue weighted by Gasteiger charge is 2.25. The number of nitrogens with zero attached hydrogens (tertiary/aromatic N) is 2. The molecule has 1 heterocycles. The predicted octanol–water partition coefficient (Wildman–Crippen LogP) is 3.57. The highest BCUT2D eigenvalue weighted by Crippen LogP contribution is 2.35. The van der Waals surface area contributed by atoms with E-state index in [1.54, 1.807) is 22.3 Å². The number of para-hydroxylation sites is 1. The Bertz CT molecular complexity index is 778. The fourth-order valence-electron chi connectivity index (χ4n) is 5.17. The van der Waals surface area contributed by atoms with Crippen LogP contribution in [0.4, 0.5) is 5.69 Å². The summed E-state index contributed by atoms with van der Waals surface area (Å²) in [6.45, 7) is 6.90. The molecule has 0 unspecified atom stereocenters. The third-order valence-corrected chi connectivity index (χ3v) is 6.74. The van der Waals surface area contributed by atoms with E-state index in [-0.39, 0.29) is 0 Å². The predicted molar refractivity (Wildman–Crippen MR) is 113 cm³/mol. The van der Waals surface area contributed by atoms with Gasteiger partial charge in [0.15, 0.2) is 0 Å². The molecule has 3 nitrogen and oxygen atoms in total. The molecule has 3 heteroatoms. The molecule has 2 aromatic rings. The summed E-state index contributed by atoms with van der Waals surface area (Å²) < 4.78 is 0. The molecule has 1 saturated heterocycles. The van der Waals surface area contributed by atoms with Crippen LogP contribution in [0.1, 0.15) is 41.1 Å². The Morgan fingerprint density at radius 3 is 2.44 bits per heavy atom. The quantitative estimate of drug-likeness (QED) is 0.878. The minimum absolute atomic E-state index is 0.580. The molecule has 0 bridgehead atoms. The van der Waals surface area contributed by atoms with Crippen LogP contribution >= 0.6 is 0 Å². The normalized spacial score (nSPS) is 22.1. The van der Waals surface area contributed by atoms with Gasteiger partial charge in [-0.15, -0.1) is 0 Å². The van der Waals surface area contributed by atoms with Crippen LogP contribution in [0.2, 0.25) is 0 Å². The van der Waals surface area contributed by atoms with Gasteiger partial charge in [0, 0.05) is 51.0 Å². The topological polar surface area (TPSA) is 18.5 Å². The Hall–Kier alpha value is -1.84. The monoisotopic (exact) mass is 361 g/mol. The lowest BCUT2D eigenvalue weighted by Crippen LogP contribution is -2.48. The minimum atomic E-state index is 0.580. The number of aryl methyl sites for hydroxylation is 3. The summed E-state index contributed by atoms with van der Waals surface area (Å²) in [5, 5.41) is 3.86. The van der Waals surface area contributed by atoms with Crippen molar-refractivity contribution >= 4 is 5.69 Å². The van der Waals surface area contributed by atoms with Crippen LogP contribution in [0.5, 0.6) is 0 Å². The van der Waals surface area contributed by atoms with Gasteiger partial charge in [0.2, 0.25) is 0 Å². The molecule has 1 atom stereocenters. The lowest BCUT2D eigenvalue weighted by Gasteiger charge is -2.36. The highest BCUT2D eigenvalue weighted by molar-refractivity contribution is 5.46. The van der Waals surface area contributed by atoms with Crippen LogP contribution in [0.25, 0.3) is 0 Å². The van der Waals surface area contributed by atoms with Gasteiger partial charge in [-0.05, 0) is 66.5 Å². The molecular formula is C24H31N3. The van der Waals surface area contributed by atoms with Gasteiger partial charge in [-0.1, -0.05) is 30.3 Å². The van der Waals surface area contributed by atoms with Gasteiger partial charge >= 0.3 is 0 Å². The Labute approximate surface area is 163 Å². The third kappa shape index (κ3) is 3.63. The minimum Gasteiger partial charge on any atom is -0.369 e. The zero-order chi connectivity index (χ0) is 18.1. The molecule has 1 N–H and O–H groups in total. The number of nitrogens with one attached hydrogen (secondary N) is 1. The summed E-state index contributed by atoms with van der Waals surface area (Å²) >= 11 is 0. The largest absolute Gasteiger partial charge is 0.369 e. The van der Waals surface area contributed by atoms with Crippen molar-refractivity contribution in [2.75, 3.05) is 44.2 Å². The molecule has 0 saturated carbocycles. The Kier molecular flexibility index (Phi) is 4.89. The van der Waals surface area contributed by atoms with E-state index in [2.05, 4.69) is 57.6 Å². The summed E-state index contributed by atoms with van der Waals surface area (Å²) in [7, 11) is 0. The van der Waals surface area contributed by atoms with Crippen LogP contribution in [0.15, 0.2) is 42.5 Å². The Morgan fingerprint density at radius 2 is 1.63 bits per heavy atom. The van der Waals surface area contributed by atoms with Gasteiger partial charge in [-0.2, -0.15) is 0 Å². The number of anilines is 1. The first-order valence-corrected chi connectivity index (χ1v) is 10.8. The molecule has 2 aromatic carbocycles. The van der Waals surface area contributed by atoms with Crippen molar-refractivity contribution in [1.82, 2.24) is 10.2 Å². The van der Waals surface area contributed by atoms with Crippen molar-refractivity contribution in [3.63, 3.8) is 0 Å². The summed E-state index contributed by atoms with van der Waals surface area (Å²) in [5.74, 6) is 0. The maximum Gasteiger partial charge on any atom is 0.0367 e. The second-order valence-electron chi connectivity index (χ2n) is 8.38. The second kappa shape index (κ2) is 7.65. The maximum atomic E-state index is 3.86. The van der Waals surface area contributed by atoms with E-state index in [4.69, 9.17) is 0 Å². The van der Waals surface area contributed by atoms with Gasteiger partial charge in [0.05, 0.1) is 0 Å². The average Bonchev–Trinajstić information content (AvgIpc) is 3.34. The molecule has 3 aliphatic rings. The third-order valence-electron chi connectivity index (χ3n) is 6.74. The van der Waals surface area contributed by atoms with E-state index in [1.807, 2.05) is 0 Å². The number of hydrogen-bond donors (Lipinski definition) is 1. The maximum absolute atomic E-state index is 3.86. The number of benzene rings is 2. The zero-order valence-corrected chi connectivity index (χ0v) is 16.3.